The topological polar surface area (TPSA) is 32.3 Å². The van der Waals surface area contributed by atoms with Gasteiger partial charge in [0.05, 0.1) is 5.41 Å². The Morgan fingerprint density at radius 2 is 1.95 bits per heavy atom. The van der Waals surface area contributed by atoms with Crippen molar-refractivity contribution in [2.24, 2.45) is 0 Å². The molecule has 1 amide bonds. The summed E-state index contributed by atoms with van der Waals surface area (Å²) in [5, 5.41) is 3.36. The number of rotatable bonds is 3. The molecule has 1 heterocycles. The van der Waals surface area contributed by atoms with E-state index in [1.165, 1.54) is 5.56 Å². The van der Waals surface area contributed by atoms with E-state index in [0.717, 1.165) is 45.2 Å². The zero-order valence-electron chi connectivity index (χ0n) is 12.3. The summed E-state index contributed by atoms with van der Waals surface area (Å²) in [6, 6.07) is 10.8. The van der Waals surface area contributed by atoms with E-state index in [2.05, 4.69) is 29.6 Å². The Bertz CT molecular complexity index is 459. The predicted molar refractivity (Wildman–Crippen MR) is 80.6 cm³/mol. The lowest BCUT2D eigenvalue weighted by Crippen LogP contribution is -2.48. The van der Waals surface area contributed by atoms with Crippen molar-refractivity contribution in [3.63, 3.8) is 0 Å². The van der Waals surface area contributed by atoms with Gasteiger partial charge in [-0.3, -0.25) is 4.79 Å². The first-order chi connectivity index (χ1) is 9.74. The van der Waals surface area contributed by atoms with E-state index in [0.29, 0.717) is 11.9 Å². The Kier molecular flexibility index (Phi) is 3.79. The molecular weight excluding hydrogens is 248 g/mol. The highest BCUT2D eigenvalue weighted by Gasteiger charge is 2.45. The van der Waals surface area contributed by atoms with Crippen LogP contribution in [-0.4, -0.2) is 37.0 Å². The number of amides is 1. The minimum absolute atomic E-state index is 0.265. The number of carbonyl (C=O) groups excluding carboxylic acids is 1. The van der Waals surface area contributed by atoms with Crippen molar-refractivity contribution in [2.45, 2.75) is 43.6 Å². The molecule has 108 valence electrons. The summed E-state index contributed by atoms with van der Waals surface area (Å²) < 4.78 is 0. The predicted octanol–water partition coefficient (Wildman–Crippen LogP) is 2.32. The molecule has 1 unspecified atom stereocenters. The molecule has 0 radical (unpaired) electrons. The Morgan fingerprint density at radius 3 is 2.55 bits per heavy atom. The molecule has 3 rings (SSSR count). The smallest absolute Gasteiger partial charge is 0.233 e. The van der Waals surface area contributed by atoms with E-state index < -0.39 is 0 Å². The number of hydrogen-bond acceptors (Lipinski definition) is 2. The maximum absolute atomic E-state index is 13.2. The Balaban J connectivity index is 1.88. The number of carbonyl (C=O) groups is 1. The lowest BCUT2D eigenvalue weighted by molar-refractivity contribution is -0.137. The van der Waals surface area contributed by atoms with Crippen LogP contribution >= 0.6 is 0 Å². The first kappa shape index (κ1) is 13.6. The maximum atomic E-state index is 13.2. The first-order valence-electron chi connectivity index (χ1n) is 7.77. The maximum Gasteiger partial charge on any atom is 0.233 e. The highest BCUT2D eigenvalue weighted by molar-refractivity contribution is 5.88. The van der Waals surface area contributed by atoms with Crippen LogP contribution in [0.2, 0.25) is 0 Å². The van der Waals surface area contributed by atoms with Crippen LogP contribution in [0, 0.1) is 0 Å². The standard InChI is InChI=1S/C17H24N2O/c1-19(15-9-12-18-13-15)16(20)17(10-5-6-11-17)14-7-3-2-4-8-14/h2-4,7-8,15,18H,5-6,9-13H2,1H3. The molecule has 1 saturated heterocycles. The number of nitrogens with zero attached hydrogens (tertiary/aromatic N) is 1. The van der Waals surface area contributed by atoms with Crippen molar-refractivity contribution >= 4 is 5.91 Å². The van der Waals surface area contributed by atoms with Crippen LogP contribution in [0.25, 0.3) is 0 Å². The second-order valence-corrected chi connectivity index (χ2v) is 6.22. The summed E-state index contributed by atoms with van der Waals surface area (Å²) in [6.45, 7) is 1.97. The van der Waals surface area contributed by atoms with E-state index in [-0.39, 0.29) is 5.41 Å². The lowest BCUT2D eigenvalue weighted by atomic mass is 9.77. The molecule has 2 fully saturated rings. The second-order valence-electron chi connectivity index (χ2n) is 6.22. The third-order valence-corrected chi connectivity index (χ3v) is 5.10. The third-order valence-electron chi connectivity index (χ3n) is 5.10. The molecule has 0 spiro atoms. The fraction of sp³-hybridized carbons (Fsp3) is 0.588. The van der Waals surface area contributed by atoms with Crippen LogP contribution in [-0.2, 0) is 10.2 Å². The number of benzene rings is 1. The minimum atomic E-state index is -0.265. The van der Waals surface area contributed by atoms with Gasteiger partial charge in [0.2, 0.25) is 5.91 Å². The van der Waals surface area contributed by atoms with Crippen LogP contribution in [0.3, 0.4) is 0 Å². The van der Waals surface area contributed by atoms with Gasteiger partial charge in [-0.05, 0) is 31.4 Å². The number of likely N-dealkylation sites (N-methyl/N-ethyl adjacent to an activating group) is 1. The largest absolute Gasteiger partial charge is 0.341 e. The molecule has 1 aromatic rings. The van der Waals surface area contributed by atoms with Crippen LogP contribution < -0.4 is 5.32 Å². The molecule has 0 bridgehead atoms. The summed E-state index contributed by atoms with van der Waals surface area (Å²) in [5.41, 5.74) is 0.943. The second kappa shape index (κ2) is 5.57. The average Bonchev–Trinajstić information content (AvgIpc) is 3.18. The van der Waals surface area contributed by atoms with E-state index in [1.54, 1.807) is 0 Å². The molecule has 20 heavy (non-hydrogen) atoms. The van der Waals surface area contributed by atoms with Crippen LogP contribution in [0.4, 0.5) is 0 Å². The molecule has 3 heteroatoms. The zero-order valence-corrected chi connectivity index (χ0v) is 12.3. The Morgan fingerprint density at radius 1 is 1.25 bits per heavy atom. The fourth-order valence-electron chi connectivity index (χ4n) is 3.84. The van der Waals surface area contributed by atoms with Crippen LogP contribution in [0.15, 0.2) is 30.3 Å². The van der Waals surface area contributed by atoms with Crippen LogP contribution in [0.5, 0.6) is 0 Å². The third kappa shape index (κ3) is 2.24. The molecule has 1 saturated carbocycles. The van der Waals surface area contributed by atoms with Gasteiger partial charge in [0, 0.05) is 19.6 Å². The molecule has 1 aromatic carbocycles. The van der Waals surface area contributed by atoms with Gasteiger partial charge in [0.15, 0.2) is 0 Å². The van der Waals surface area contributed by atoms with Crippen molar-refractivity contribution in [1.82, 2.24) is 10.2 Å². The minimum Gasteiger partial charge on any atom is -0.341 e. The van der Waals surface area contributed by atoms with Crippen molar-refractivity contribution in [2.75, 3.05) is 20.1 Å². The summed E-state index contributed by atoms with van der Waals surface area (Å²) in [5.74, 6) is 0.329. The van der Waals surface area contributed by atoms with Gasteiger partial charge < -0.3 is 10.2 Å². The van der Waals surface area contributed by atoms with Gasteiger partial charge >= 0.3 is 0 Å². The van der Waals surface area contributed by atoms with E-state index in [9.17, 15) is 4.79 Å². The quantitative estimate of drug-likeness (QED) is 0.916. The highest BCUT2D eigenvalue weighted by Crippen LogP contribution is 2.42. The van der Waals surface area contributed by atoms with Gasteiger partial charge in [-0.1, -0.05) is 43.2 Å². The normalized spacial score (nSPS) is 24.8. The van der Waals surface area contributed by atoms with Crippen LogP contribution in [0.1, 0.15) is 37.7 Å². The Labute approximate surface area is 121 Å². The van der Waals surface area contributed by atoms with Crippen molar-refractivity contribution in [3.05, 3.63) is 35.9 Å². The molecule has 0 aromatic heterocycles. The fourth-order valence-corrected chi connectivity index (χ4v) is 3.84. The van der Waals surface area contributed by atoms with E-state index >= 15 is 0 Å². The van der Waals surface area contributed by atoms with E-state index in [4.69, 9.17) is 0 Å². The molecule has 1 aliphatic carbocycles. The lowest BCUT2D eigenvalue weighted by Gasteiger charge is -2.35. The molecule has 1 N–H and O–H groups in total. The van der Waals surface area contributed by atoms with Crippen molar-refractivity contribution in [3.8, 4) is 0 Å². The number of nitrogens with one attached hydrogen (secondary N) is 1. The average molecular weight is 272 g/mol. The highest BCUT2D eigenvalue weighted by atomic mass is 16.2. The van der Waals surface area contributed by atoms with Crippen molar-refractivity contribution < 1.29 is 4.79 Å². The van der Waals surface area contributed by atoms with E-state index in [1.807, 2.05) is 18.0 Å². The molecule has 2 aliphatic rings. The molecule has 1 atom stereocenters. The summed E-state index contributed by atoms with van der Waals surface area (Å²) in [6.07, 6.45) is 5.41. The van der Waals surface area contributed by atoms with Gasteiger partial charge in [0.1, 0.15) is 0 Å². The summed E-state index contributed by atoms with van der Waals surface area (Å²) in [7, 11) is 1.99. The summed E-state index contributed by atoms with van der Waals surface area (Å²) in [4.78, 5) is 15.2. The SMILES string of the molecule is CN(C(=O)C1(c2ccccc2)CCCC1)C1CCNC1. The van der Waals surface area contributed by atoms with Gasteiger partial charge in [-0.25, -0.2) is 0 Å². The number of hydrogen-bond donors (Lipinski definition) is 1. The Hall–Kier alpha value is -1.35. The van der Waals surface area contributed by atoms with Gasteiger partial charge in [-0.15, -0.1) is 0 Å². The van der Waals surface area contributed by atoms with Crippen molar-refractivity contribution in [1.29, 1.82) is 0 Å². The summed E-state index contributed by atoms with van der Waals surface area (Å²) >= 11 is 0. The zero-order chi connectivity index (χ0) is 14.0. The van der Waals surface area contributed by atoms with Gasteiger partial charge in [-0.2, -0.15) is 0 Å². The van der Waals surface area contributed by atoms with Gasteiger partial charge in [0.25, 0.3) is 0 Å². The molecular formula is C17H24N2O. The molecule has 1 aliphatic heterocycles. The monoisotopic (exact) mass is 272 g/mol. The first-order valence-corrected chi connectivity index (χ1v) is 7.77. The molecule has 3 nitrogen and oxygen atoms in total.